The summed E-state index contributed by atoms with van der Waals surface area (Å²) in [6.07, 6.45) is 1.87. The minimum atomic E-state index is -0.684. The van der Waals surface area contributed by atoms with Crippen LogP contribution in [-0.4, -0.2) is 25.5 Å². The topological polar surface area (TPSA) is 52.6 Å². The maximum atomic E-state index is 13.9. The number of unbranched alkanes of at least 4 members (excludes halogenated alkanes) is 1. The number of esters is 1. The fourth-order valence-corrected chi connectivity index (χ4v) is 1.67. The van der Waals surface area contributed by atoms with Crippen LogP contribution < -0.4 is 4.74 Å². The van der Waals surface area contributed by atoms with E-state index in [9.17, 15) is 14.0 Å². The van der Waals surface area contributed by atoms with Crippen molar-refractivity contribution in [3.05, 3.63) is 29.1 Å². The zero-order valence-electron chi connectivity index (χ0n) is 12.0. The fraction of sp³-hybridized carbons (Fsp3) is 0.467. The van der Waals surface area contributed by atoms with Gasteiger partial charge in [0, 0.05) is 12.5 Å². The Kier molecular flexibility index (Phi) is 6.15. The highest BCUT2D eigenvalue weighted by Gasteiger charge is 2.20. The first-order valence-corrected chi connectivity index (χ1v) is 6.62. The van der Waals surface area contributed by atoms with E-state index in [1.165, 1.54) is 13.2 Å². The molecule has 0 unspecified atom stereocenters. The minimum Gasteiger partial charge on any atom is -0.493 e. The zero-order chi connectivity index (χ0) is 15.1. The van der Waals surface area contributed by atoms with Crippen molar-refractivity contribution in [2.45, 2.75) is 33.1 Å². The van der Waals surface area contributed by atoms with E-state index in [-0.39, 0.29) is 29.1 Å². The number of ether oxygens (including phenoxy) is 2. The summed E-state index contributed by atoms with van der Waals surface area (Å²) in [7, 11) is 1.23. The maximum absolute atomic E-state index is 13.9. The number of benzene rings is 1. The molecule has 0 aliphatic rings. The zero-order valence-corrected chi connectivity index (χ0v) is 12.0. The molecular weight excluding hydrogens is 263 g/mol. The summed E-state index contributed by atoms with van der Waals surface area (Å²) in [4.78, 5) is 23.3. The minimum absolute atomic E-state index is 0.0711. The molecule has 0 fully saturated rings. The molecule has 0 radical (unpaired) electrons. The lowest BCUT2D eigenvalue weighted by Gasteiger charge is -2.12. The van der Waals surface area contributed by atoms with Crippen LogP contribution in [0.25, 0.3) is 0 Å². The summed E-state index contributed by atoms with van der Waals surface area (Å²) in [5.74, 6) is -1.60. The van der Waals surface area contributed by atoms with E-state index < -0.39 is 11.8 Å². The van der Waals surface area contributed by atoms with E-state index in [0.717, 1.165) is 18.9 Å². The molecule has 0 saturated heterocycles. The van der Waals surface area contributed by atoms with Gasteiger partial charge >= 0.3 is 5.97 Å². The third-order valence-electron chi connectivity index (χ3n) is 2.85. The molecule has 0 amide bonds. The number of carbonyl (C=O) groups is 2. The molecule has 0 saturated carbocycles. The number of methoxy groups -OCH3 is 1. The summed E-state index contributed by atoms with van der Waals surface area (Å²) in [5, 5.41) is 0. The number of hydrogen-bond acceptors (Lipinski definition) is 4. The Morgan fingerprint density at radius 3 is 2.45 bits per heavy atom. The standard InChI is InChI=1S/C15H19FO4/c1-4-6-7-20-14-9-12(16)10(13(17)5-2)8-11(14)15(18)19-3/h8-9H,4-7H2,1-3H3. The van der Waals surface area contributed by atoms with Gasteiger partial charge in [0.1, 0.15) is 17.1 Å². The van der Waals surface area contributed by atoms with E-state index >= 15 is 0 Å². The van der Waals surface area contributed by atoms with Crippen LogP contribution in [0.3, 0.4) is 0 Å². The molecule has 0 spiro atoms. The first kappa shape index (κ1) is 16.1. The number of carbonyl (C=O) groups excluding carboxylic acids is 2. The number of ketones is 1. The Morgan fingerprint density at radius 1 is 1.20 bits per heavy atom. The van der Waals surface area contributed by atoms with Gasteiger partial charge in [0.25, 0.3) is 0 Å². The van der Waals surface area contributed by atoms with Gasteiger partial charge in [-0.3, -0.25) is 4.79 Å². The molecule has 0 atom stereocenters. The molecule has 0 aliphatic carbocycles. The first-order valence-electron chi connectivity index (χ1n) is 6.62. The predicted molar refractivity (Wildman–Crippen MR) is 72.8 cm³/mol. The van der Waals surface area contributed by atoms with E-state index in [1.54, 1.807) is 6.92 Å². The summed E-state index contributed by atoms with van der Waals surface area (Å²) in [6, 6.07) is 2.28. The molecular formula is C15H19FO4. The molecule has 1 rings (SSSR count). The number of halogens is 1. The summed E-state index contributed by atoms with van der Waals surface area (Å²) in [5.41, 5.74) is -0.0439. The third kappa shape index (κ3) is 3.79. The van der Waals surface area contributed by atoms with Crippen LogP contribution in [0.4, 0.5) is 4.39 Å². The lowest BCUT2D eigenvalue weighted by atomic mass is 10.0. The lowest BCUT2D eigenvalue weighted by molar-refractivity contribution is 0.0596. The van der Waals surface area contributed by atoms with Gasteiger partial charge in [-0.2, -0.15) is 0 Å². The number of hydrogen-bond donors (Lipinski definition) is 0. The van der Waals surface area contributed by atoms with Crippen LogP contribution in [-0.2, 0) is 4.74 Å². The van der Waals surface area contributed by atoms with Crippen LogP contribution in [0.5, 0.6) is 5.75 Å². The summed E-state index contributed by atoms with van der Waals surface area (Å²) < 4.78 is 23.9. The van der Waals surface area contributed by atoms with Crippen molar-refractivity contribution < 1.29 is 23.5 Å². The molecule has 20 heavy (non-hydrogen) atoms. The van der Waals surface area contributed by atoms with Crippen LogP contribution in [0, 0.1) is 5.82 Å². The molecule has 0 aliphatic heterocycles. The van der Waals surface area contributed by atoms with Crippen molar-refractivity contribution in [1.82, 2.24) is 0 Å². The third-order valence-corrected chi connectivity index (χ3v) is 2.85. The highest BCUT2D eigenvalue weighted by molar-refractivity contribution is 6.00. The molecule has 0 bridgehead atoms. The van der Waals surface area contributed by atoms with Crippen molar-refractivity contribution in [3.8, 4) is 5.75 Å². The van der Waals surface area contributed by atoms with Crippen molar-refractivity contribution in [2.24, 2.45) is 0 Å². The van der Waals surface area contributed by atoms with Gasteiger partial charge in [0.15, 0.2) is 5.78 Å². The monoisotopic (exact) mass is 282 g/mol. The van der Waals surface area contributed by atoms with Gasteiger partial charge in [-0.05, 0) is 12.5 Å². The Bertz CT molecular complexity index is 497. The molecule has 0 N–H and O–H groups in total. The quantitative estimate of drug-likeness (QED) is 0.437. The second kappa shape index (κ2) is 7.62. The Balaban J connectivity index is 3.18. The van der Waals surface area contributed by atoms with Gasteiger partial charge < -0.3 is 9.47 Å². The van der Waals surface area contributed by atoms with Gasteiger partial charge in [-0.1, -0.05) is 20.3 Å². The molecule has 1 aromatic carbocycles. The average Bonchev–Trinajstić information content (AvgIpc) is 2.46. The molecule has 0 heterocycles. The van der Waals surface area contributed by atoms with Gasteiger partial charge in [0.2, 0.25) is 0 Å². The smallest absolute Gasteiger partial charge is 0.341 e. The van der Waals surface area contributed by atoms with Crippen LogP contribution in [0.2, 0.25) is 0 Å². The molecule has 0 aromatic heterocycles. The van der Waals surface area contributed by atoms with Crippen LogP contribution in [0.1, 0.15) is 53.8 Å². The van der Waals surface area contributed by atoms with Gasteiger partial charge in [-0.15, -0.1) is 0 Å². The lowest BCUT2D eigenvalue weighted by Crippen LogP contribution is -2.10. The normalized spacial score (nSPS) is 10.2. The van der Waals surface area contributed by atoms with E-state index in [0.29, 0.717) is 6.61 Å². The first-order chi connectivity index (χ1) is 9.54. The second-order valence-electron chi connectivity index (χ2n) is 4.30. The second-order valence-corrected chi connectivity index (χ2v) is 4.30. The number of Topliss-reactive ketones (excluding diaryl/α,β-unsaturated/α-hetero) is 1. The molecule has 110 valence electrons. The fourth-order valence-electron chi connectivity index (χ4n) is 1.67. The molecule has 1 aromatic rings. The Hall–Kier alpha value is -1.91. The van der Waals surface area contributed by atoms with E-state index in [1.807, 2.05) is 6.92 Å². The van der Waals surface area contributed by atoms with E-state index in [4.69, 9.17) is 4.74 Å². The molecule has 5 heteroatoms. The van der Waals surface area contributed by atoms with Crippen molar-refractivity contribution in [1.29, 1.82) is 0 Å². The van der Waals surface area contributed by atoms with Crippen LogP contribution >= 0.6 is 0 Å². The van der Waals surface area contributed by atoms with Crippen LogP contribution in [0.15, 0.2) is 12.1 Å². The van der Waals surface area contributed by atoms with Crippen molar-refractivity contribution in [3.63, 3.8) is 0 Å². The molecule has 4 nitrogen and oxygen atoms in total. The maximum Gasteiger partial charge on any atom is 0.341 e. The predicted octanol–water partition coefficient (Wildman–Crippen LogP) is 3.38. The highest BCUT2D eigenvalue weighted by Crippen LogP contribution is 2.25. The average molecular weight is 282 g/mol. The highest BCUT2D eigenvalue weighted by atomic mass is 19.1. The van der Waals surface area contributed by atoms with Crippen molar-refractivity contribution >= 4 is 11.8 Å². The number of rotatable bonds is 7. The Labute approximate surface area is 117 Å². The summed E-state index contributed by atoms with van der Waals surface area (Å²) >= 11 is 0. The largest absolute Gasteiger partial charge is 0.493 e. The van der Waals surface area contributed by atoms with Crippen molar-refractivity contribution in [2.75, 3.05) is 13.7 Å². The SMILES string of the molecule is CCCCOc1cc(F)c(C(=O)CC)cc1C(=O)OC. The van der Waals surface area contributed by atoms with E-state index in [2.05, 4.69) is 4.74 Å². The van der Waals surface area contributed by atoms with Gasteiger partial charge in [0.05, 0.1) is 19.3 Å². The summed E-state index contributed by atoms with van der Waals surface area (Å²) in [6.45, 7) is 4.00. The van der Waals surface area contributed by atoms with Gasteiger partial charge in [-0.25, -0.2) is 9.18 Å². The Morgan fingerprint density at radius 2 is 1.90 bits per heavy atom.